The Hall–Kier alpha value is -1.87. The van der Waals surface area contributed by atoms with E-state index in [2.05, 4.69) is 10.3 Å². The van der Waals surface area contributed by atoms with Crippen LogP contribution in [-0.2, 0) is 16.1 Å². The Balaban J connectivity index is 1.77. The first kappa shape index (κ1) is 19.9. The zero-order chi connectivity index (χ0) is 19.4. The summed E-state index contributed by atoms with van der Waals surface area (Å²) in [7, 11) is 1.58. The molecule has 1 N–H and O–H groups in total. The van der Waals surface area contributed by atoms with Crippen LogP contribution in [0.5, 0.6) is 0 Å². The maximum absolute atomic E-state index is 12.7. The largest absolute Gasteiger partial charge is 0.383 e. The molecule has 142 valence electrons. The molecule has 0 spiro atoms. The van der Waals surface area contributed by atoms with Gasteiger partial charge in [0.15, 0.2) is 5.16 Å². The van der Waals surface area contributed by atoms with Gasteiger partial charge in [-0.25, -0.2) is 4.98 Å². The first-order valence-electron chi connectivity index (χ1n) is 8.15. The number of hydrogen-bond acceptors (Lipinski definition) is 6. The van der Waals surface area contributed by atoms with E-state index in [1.54, 1.807) is 29.9 Å². The average molecular weight is 424 g/mol. The predicted octanol–water partition coefficient (Wildman–Crippen LogP) is 3.80. The third-order valence-corrected chi connectivity index (χ3v) is 5.96. The van der Waals surface area contributed by atoms with Crippen LogP contribution in [0.3, 0.4) is 0 Å². The molecule has 0 radical (unpaired) electrons. The molecule has 9 heteroatoms. The highest BCUT2D eigenvalue weighted by Crippen LogP contribution is 2.24. The number of aryl methyl sites for hydroxylation is 1. The molecular formula is C18H18ClN3O3S2. The number of methoxy groups -OCH3 is 1. The number of carbonyl (C=O) groups is 1. The van der Waals surface area contributed by atoms with Gasteiger partial charge in [-0.1, -0.05) is 29.4 Å². The van der Waals surface area contributed by atoms with Gasteiger partial charge < -0.3 is 10.1 Å². The molecule has 0 saturated carbocycles. The number of carbonyl (C=O) groups excluding carboxylic acids is 1. The van der Waals surface area contributed by atoms with Gasteiger partial charge in [-0.2, -0.15) is 0 Å². The summed E-state index contributed by atoms with van der Waals surface area (Å²) in [4.78, 5) is 29.5. The standard InChI is InChI=1S/C18H18ClN3O3S2/c1-11-3-4-13(12(19)9-11)20-15(23)10-27-18-21-14-5-8-26-16(14)17(24)22(18)6-7-25-2/h3-5,8-9H,6-7,10H2,1-2H3,(H,20,23). The Morgan fingerprint density at radius 2 is 2.22 bits per heavy atom. The number of aromatic nitrogens is 2. The van der Waals surface area contributed by atoms with Crippen LogP contribution in [0.15, 0.2) is 39.6 Å². The average Bonchev–Trinajstić information content (AvgIpc) is 3.10. The number of thiophene rings is 1. The lowest BCUT2D eigenvalue weighted by atomic mass is 10.2. The molecule has 3 aromatic rings. The van der Waals surface area contributed by atoms with Crippen LogP contribution in [-0.4, -0.2) is 34.9 Å². The monoisotopic (exact) mass is 423 g/mol. The van der Waals surface area contributed by atoms with Crippen LogP contribution in [0.4, 0.5) is 5.69 Å². The van der Waals surface area contributed by atoms with Crippen LogP contribution in [0, 0.1) is 6.92 Å². The molecule has 0 saturated heterocycles. The van der Waals surface area contributed by atoms with E-state index in [4.69, 9.17) is 16.3 Å². The maximum atomic E-state index is 12.7. The van der Waals surface area contributed by atoms with Crippen molar-refractivity contribution in [2.24, 2.45) is 0 Å². The molecule has 27 heavy (non-hydrogen) atoms. The highest BCUT2D eigenvalue weighted by molar-refractivity contribution is 7.99. The SMILES string of the molecule is COCCn1c(SCC(=O)Nc2ccc(C)cc2Cl)nc2ccsc2c1=O. The zero-order valence-corrected chi connectivity index (χ0v) is 17.2. The Bertz CT molecular complexity index is 1030. The summed E-state index contributed by atoms with van der Waals surface area (Å²) in [5.41, 5.74) is 2.10. The van der Waals surface area contributed by atoms with Gasteiger partial charge in [-0.3, -0.25) is 14.2 Å². The zero-order valence-electron chi connectivity index (χ0n) is 14.8. The topological polar surface area (TPSA) is 73.2 Å². The third kappa shape index (κ3) is 4.70. The van der Waals surface area contributed by atoms with E-state index in [1.807, 2.05) is 18.4 Å². The van der Waals surface area contributed by atoms with E-state index in [1.165, 1.54) is 23.1 Å². The van der Waals surface area contributed by atoms with Crippen molar-refractivity contribution in [3.63, 3.8) is 0 Å². The highest BCUT2D eigenvalue weighted by atomic mass is 35.5. The van der Waals surface area contributed by atoms with Gasteiger partial charge in [0.25, 0.3) is 5.56 Å². The lowest BCUT2D eigenvalue weighted by Crippen LogP contribution is -2.25. The van der Waals surface area contributed by atoms with Crippen molar-refractivity contribution in [2.75, 3.05) is 24.8 Å². The number of anilines is 1. The lowest BCUT2D eigenvalue weighted by Gasteiger charge is -2.12. The second kappa shape index (κ2) is 8.88. The fourth-order valence-electron chi connectivity index (χ4n) is 2.45. The van der Waals surface area contributed by atoms with Crippen molar-refractivity contribution >= 4 is 56.5 Å². The summed E-state index contributed by atoms with van der Waals surface area (Å²) in [6, 6.07) is 7.24. The molecule has 1 aromatic carbocycles. The minimum Gasteiger partial charge on any atom is -0.383 e. The molecule has 0 atom stereocenters. The summed E-state index contributed by atoms with van der Waals surface area (Å²) in [5, 5.41) is 5.60. The Morgan fingerprint density at radius 1 is 1.41 bits per heavy atom. The summed E-state index contributed by atoms with van der Waals surface area (Å²) >= 11 is 8.73. The minimum atomic E-state index is -0.219. The first-order valence-corrected chi connectivity index (χ1v) is 10.4. The van der Waals surface area contributed by atoms with Crippen molar-refractivity contribution in [1.82, 2.24) is 9.55 Å². The number of thioether (sulfide) groups is 1. The second-order valence-electron chi connectivity index (χ2n) is 5.80. The molecule has 0 aliphatic rings. The van der Waals surface area contributed by atoms with Gasteiger partial charge in [0.1, 0.15) is 4.70 Å². The van der Waals surface area contributed by atoms with Gasteiger partial charge in [0, 0.05) is 7.11 Å². The van der Waals surface area contributed by atoms with Crippen molar-refractivity contribution in [2.45, 2.75) is 18.6 Å². The molecule has 0 aliphatic carbocycles. The van der Waals surface area contributed by atoms with Crippen LogP contribution in [0.2, 0.25) is 5.02 Å². The van der Waals surface area contributed by atoms with E-state index in [0.29, 0.717) is 39.2 Å². The summed E-state index contributed by atoms with van der Waals surface area (Å²) in [6.07, 6.45) is 0. The molecule has 3 rings (SSSR count). The number of nitrogens with one attached hydrogen (secondary N) is 1. The first-order chi connectivity index (χ1) is 13.0. The van der Waals surface area contributed by atoms with Crippen LogP contribution in [0.1, 0.15) is 5.56 Å². The molecule has 2 aromatic heterocycles. The number of hydrogen-bond donors (Lipinski definition) is 1. The van der Waals surface area contributed by atoms with Gasteiger partial charge in [-0.05, 0) is 36.1 Å². The van der Waals surface area contributed by atoms with Crippen molar-refractivity contribution < 1.29 is 9.53 Å². The molecule has 0 bridgehead atoms. The van der Waals surface area contributed by atoms with Crippen LogP contribution < -0.4 is 10.9 Å². The summed E-state index contributed by atoms with van der Waals surface area (Å²) in [6.45, 7) is 2.69. The van der Waals surface area contributed by atoms with E-state index in [0.717, 1.165) is 5.56 Å². The summed E-state index contributed by atoms with van der Waals surface area (Å²) in [5.74, 6) is -0.108. The van der Waals surface area contributed by atoms with Crippen molar-refractivity contribution in [3.8, 4) is 0 Å². The molecule has 6 nitrogen and oxygen atoms in total. The predicted molar refractivity (Wildman–Crippen MR) is 111 cm³/mol. The molecule has 1 amide bonds. The number of amides is 1. The third-order valence-electron chi connectivity index (χ3n) is 3.78. The number of nitrogens with zero attached hydrogens (tertiary/aromatic N) is 2. The van der Waals surface area contributed by atoms with E-state index in [9.17, 15) is 9.59 Å². The van der Waals surface area contributed by atoms with Crippen molar-refractivity contribution in [1.29, 1.82) is 0 Å². The number of ether oxygens (including phenoxy) is 1. The molecule has 0 unspecified atom stereocenters. The second-order valence-corrected chi connectivity index (χ2v) is 8.06. The lowest BCUT2D eigenvalue weighted by molar-refractivity contribution is -0.113. The van der Waals surface area contributed by atoms with Gasteiger partial charge in [-0.15, -0.1) is 11.3 Å². The number of halogens is 1. The summed E-state index contributed by atoms with van der Waals surface area (Å²) < 4.78 is 7.25. The Morgan fingerprint density at radius 3 is 2.96 bits per heavy atom. The Labute approximate surface area is 169 Å². The van der Waals surface area contributed by atoms with Gasteiger partial charge in [0.05, 0.1) is 35.1 Å². The van der Waals surface area contributed by atoms with Crippen LogP contribution in [0.25, 0.3) is 10.2 Å². The number of fused-ring (bicyclic) bond motifs is 1. The van der Waals surface area contributed by atoms with Gasteiger partial charge in [0.2, 0.25) is 5.91 Å². The number of benzene rings is 1. The van der Waals surface area contributed by atoms with E-state index < -0.39 is 0 Å². The van der Waals surface area contributed by atoms with Gasteiger partial charge >= 0.3 is 0 Å². The molecular weight excluding hydrogens is 406 g/mol. The number of rotatable bonds is 7. The maximum Gasteiger partial charge on any atom is 0.272 e. The van der Waals surface area contributed by atoms with E-state index in [-0.39, 0.29) is 17.2 Å². The van der Waals surface area contributed by atoms with Crippen LogP contribution >= 0.6 is 34.7 Å². The minimum absolute atomic E-state index is 0.110. The fourth-order valence-corrected chi connectivity index (χ4v) is 4.34. The fraction of sp³-hybridized carbons (Fsp3) is 0.278. The molecule has 0 fully saturated rings. The van der Waals surface area contributed by atoms with E-state index >= 15 is 0 Å². The van der Waals surface area contributed by atoms with Crippen molar-refractivity contribution in [3.05, 3.63) is 50.6 Å². The molecule has 0 aliphatic heterocycles. The smallest absolute Gasteiger partial charge is 0.272 e. The highest BCUT2D eigenvalue weighted by Gasteiger charge is 2.14. The Kier molecular flexibility index (Phi) is 6.54. The molecule has 2 heterocycles. The normalized spacial score (nSPS) is 11.1. The quantitative estimate of drug-likeness (QED) is 0.462.